The Labute approximate surface area is 140 Å². The van der Waals surface area contributed by atoms with Gasteiger partial charge in [0.15, 0.2) is 0 Å². The fourth-order valence-corrected chi connectivity index (χ4v) is 2.52. The van der Waals surface area contributed by atoms with Crippen molar-refractivity contribution in [2.45, 2.75) is 18.7 Å². The van der Waals surface area contributed by atoms with E-state index in [1.165, 1.54) is 12.1 Å². The fourth-order valence-electron chi connectivity index (χ4n) is 1.79. The van der Waals surface area contributed by atoms with Crippen LogP contribution in [0.3, 0.4) is 0 Å². The molecule has 1 aromatic carbocycles. The summed E-state index contributed by atoms with van der Waals surface area (Å²) in [6, 6.07) is 2.55. The highest BCUT2D eigenvalue weighted by molar-refractivity contribution is 7.89. The Hall–Kier alpha value is -2.09. The molecule has 0 unspecified atom stereocenters. The number of hydrogen-bond acceptors (Lipinski definition) is 4. The predicted molar refractivity (Wildman–Crippen MR) is 92.3 cm³/mol. The summed E-state index contributed by atoms with van der Waals surface area (Å²) in [4.78, 5) is 12.1. The van der Waals surface area contributed by atoms with Gasteiger partial charge in [-0.15, -0.1) is 0 Å². The lowest BCUT2D eigenvalue weighted by Crippen LogP contribution is -2.24. The van der Waals surface area contributed by atoms with Crippen LogP contribution in [0.5, 0.6) is 0 Å². The van der Waals surface area contributed by atoms with Gasteiger partial charge in [-0.2, -0.15) is 0 Å². The van der Waals surface area contributed by atoms with E-state index in [4.69, 9.17) is 22.5 Å². The van der Waals surface area contributed by atoms with Gasteiger partial charge >= 0.3 is 0 Å². The third kappa shape index (κ3) is 5.24. The number of sulfonamides is 1. The smallest absolute Gasteiger partial charge is 0.255 e. The zero-order valence-corrected chi connectivity index (χ0v) is 14.3. The van der Waals surface area contributed by atoms with Gasteiger partial charge in [0.2, 0.25) is 10.0 Å². The van der Waals surface area contributed by atoms with Crippen molar-refractivity contribution in [3.05, 3.63) is 58.8 Å². The second-order valence-electron chi connectivity index (χ2n) is 4.73. The molecule has 0 saturated heterocycles. The van der Waals surface area contributed by atoms with Crippen LogP contribution in [0.15, 0.2) is 52.6 Å². The Morgan fingerprint density at radius 1 is 1.35 bits per heavy atom. The molecular formula is C15H18ClN3O3S. The Kier molecular flexibility index (Phi) is 6.14. The van der Waals surface area contributed by atoms with Crippen molar-refractivity contribution in [3.63, 3.8) is 0 Å². The number of amides is 1. The third-order valence-corrected chi connectivity index (χ3v) is 4.01. The molecule has 0 fully saturated rings. The maximum atomic E-state index is 12.4. The maximum absolute atomic E-state index is 12.4. The van der Waals surface area contributed by atoms with E-state index in [0.717, 1.165) is 6.07 Å². The number of aryl methyl sites for hydroxylation is 1. The molecule has 0 radical (unpaired) electrons. The number of anilines is 1. The number of primary sulfonamides is 1. The van der Waals surface area contributed by atoms with E-state index in [2.05, 4.69) is 11.9 Å². The standard InChI is InChI=1S/C15H18ClN3O3S/c1-4-11(6-5-10(3)16)19-15(20)12-8-14(23(18,21)22)13(17)7-9(12)2/h4-8H,3,17H2,1-2H3,(H,19,20)(H2,18,21,22)/b6-5-,11-4+. The maximum Gasteiger partial charge on any atom is 0.255 e. The van der Waals surface area contributed by atoms with Crippen molar-refractivity contribution in [1.29, 1.82) is 0 Å². The molecule has 6 nitrogen and oxygen atoms in total. The largest absolute Gasteiger partial charge is 0.398 e. The van der Waals surface area contributed by atoms with Gasteiger partial charge in [0.05, 0.1) is 5.69 Å². The topological polar surface area (TPSA) is 115 Å². The number of hydrogen-bond donors (Lipinski definition) is 3. The molecule has 0 bridgehead atoms. The second-order valence-corrected chi connectivity index (χ2v) is 6.74. The first-order chi connectivity index (χ1) is 10.6. The summed E-state index contributed by atoms with van der Waals surface area (Å²) in [6.07, 6.45) is 4.74. The molecule has 5 N–H and O–H groups in total. The first-order valence-electron chi connectivity index (χ1n) is 6.49. The lowest BCUT2D eigenvalue weighted by atomic mass is 10.1. The summed E-state index contributed by atoms with van der Waals surface area (Å²) >= 11 is 5.63. The minimum atomic E-state index is -4.02. The van der Waals surface area contributed by atoms with Crippen molar-refractivity contribution in [1.82, 2.24) is 5.32 Å². The number of carbonyl (C=O) groups is 1. The van der Waals surface area contributed by atoms with Crippen LogP contribution in [0.1, 0.15) is 22.8 Å². The van der Waals surface area contributed by atoms with E-state index in [1.54, 1.807) is 26.0 Å². The van der Waals surface area contributed by atoms with Crippen LogP contribution in [-0.2, 0) is 10.0 Å². The van der Waals surface area contributed by atoms with Crippen LogP contribution in [0.4, 0.5) is 5.69 Å². The van der Waals surface area contributed by atoms with E-state index >= 15 is 0 Å². The minimum absolute atomic E-state index is 0.00820. The quantitative estimate of drug-likeness (QED) is 0.554. The van der Waals surface area contributed by atoms with Crippen LogP contribution in [0, 0.1) is 6.92 Å². The number of halogens is 1. The summed E-state index contributed by atoms with van der Waals surface area (Å²) in [5, 5.41) is 8.04. The molecule has 1 aromatic rings. The van der Waals surface area contributed by atoms with Gasteiger partial charge in [-0.25, -0.2) is 13.6 Å². The van der Waals surface area contributed by atoms with Gasteiger partial charge in [0.25, 0.3) is 5.91 Å². The van der Waals surface area contributed by atoms with Crippen molar-refractivity contribution < 1.29 is 13.2 Å². The van der Waals surface area contributed by atoms with Gasteiger partial charge in [-0.3, -0.25) is 4.79 Å². The first-order valence-corrected chi connectivity index (χ1v) is 8.41. The number of nitrogens with one attached hydrogen (secondary N) is 1. The van der Waals surface area contributed by atoms with Crippen LogP contribution >= 0.6 is 11.6 Å². The molecule has 23 heavy (non-hydrogen) atoms. The number of nitrogen functional groups attached to an aromatic ring is 1. The molecule has 1 amide bonds. The monoisotopic (exact) mass is 355 g/mol. The van der Waals surface area contributed by atoms with Crippen molar-refractivity contribution in [2.75, 3.05) is 5.73 Å². The molecule has 0 heterocycles. The summed E-state index contributed by atoms with van der Waals surface area (Å²) in [6.45, 7) is 6.87. The number of rotatable bonds is 5. The van der Waals surface area contributed by atoms with E-state index < -0.39 is 15.9 Å². The average Bonchev–Trinajstić information content (AvgIpc) is 2.41. The number of nitrogens with two attached hydrogens (primary N) is 2. The first kappa shape index (κ1) is 19.0. The Bertz CT molecular complexity index is 812. The zero-order valence-electron chi connectivity index (χ0n) is 12.8. The van der Waals surface area contributed by atoms with Gasteiger partial charge in [-0.1, -0.05) is 24.3 Å². The number of allylic oxidation sites excluding steroid dienone is 4. The molecule has 0 spiro atoms. The molecular weight excluding hydrogens is 338 g/mol. The average molecular weight is 356 g/mol. The van der Waals surface area contributed by atoms with E-state index in [0.29, 0.717) is 16.3 Å². The summed E-state index contributed by atoms with van der Waals surface area (Å²) in [7, 11) is -4.02. The van der Waals surface area contributed by atoms with Gasteiger partial charge < -0.3 is 11.1 Å². The lowest BCUT2D eigenvalue weighted by Gasteiger charge is -2.11. The van der Waals surface area contributed by atoms with Crippen LogP contribution in [-0.4, -0.2) is 14.3 Å². The Balaban J connectivity index is 3.21. The lowest BCUT2D eigenvalue weighted by molar-refractivity contribution is 0.0966. The molecule has 0 saturated carbocycles. The highest BCUT2D eigenvalue weighted by Crippen LogP contribution is 2.22. The van der Waals surface area contributed by atoms with Crippen LogP contribution in [0.25, 0.3) is 0 Å². The van der Waals surface area contributed by atoms with Crippen molar-refractivity contribution >= 4 is 33.2 Å². The highest BCUT2D eigenvalue weighted by atomic mass is 35.5. The van der Waals surface area contributed by atoms with Gasteiger partial charge in [0, 0.05) is 16.3 Å². The normalized spacial score (nSPS) is 12.4. The predicted octanol–water partition coefficient (Wildman–Crippen LogP) is 2.17. The van der Waals surface area contributed by atoms with Crippen LogP contribution < -0.4 is 16.2 Å². The molecule has 1 rings (SSSR count). The fraction of sp³-hybridized carbons (Fsp3) is 0.133. The van der Waals surface area contributed by atoms with Crippen LogP contribution in [0.2, 0.25) is 0 Å². The summed E-state index contributed by atoms with van der Waals surface area (Å²) in [5.74, 6) is -0.495. The number of benzene rings is 1. The molecule has 124 valence electrons. The number of carbonyl (C=O) groups excluding carboxylic acids is 1. The molecule has 0 aromatic heterocycles. The van der Waals surface area contributed by atoms with Crippen molar-refractivity contribution in [2.24, 2.45) is 5.14 Å². The molecule has 0 atom stereocenters. The zero-order chi connectivity index (χ0) is 17.8. The highest BCUT2D eigenvalue weighted by Gasteiger charge is 2.18. The third-order valence-electron chi connectivity index (χ3n) is 2.92. The molecule has 0 aliphatic rings. The minimum Gasteiger partial charge on any atom is -0.398 e. The summed E-state index contributed by atoms with van der Waals surface area (Å²) < 4.78 is 23.0. The second kappa shape index (κ2) is 7.45. The van der Waals surface area contributed by atoms with E-state index in [1.807, 2.05) is 0 Å². The molecule has 0 aliphatic heterocycles. The van der Waals surface area contributed by atoms with Gasteiger partial charge in [-0.05, 0) is 43.7 Å². The molecule has 8 heteroatoms. The van der Waals surface area contributed by atoms with E-state index in [9.17, 15) is 13.2 Å². The SMILES string of the molecule is C=C(Cl)/C=C\C(=C/C)NC(=O)c1cc(S(N)(=O)=O)c(N)cc1C. The van der Waals surface area contributed by atoms with E-state index in [-0.39, 0.29) is 16.1 Å². The van der Waals surface area contributed by atoms with Crippen molar-refractivity contribution in [3.8, 4) is 0 Å². The Morgan fingerprint density at radius 3 is 2.43 bits per heavy atom. The Morgan fingerprint density at radius 2 is 1.96 bits per heavy atom. The summed E-state index contributed by atoms with van der Waals surface area (Å²) in [5.41, 5.74) is 6.79. The van der Waals surface area contributed by atoms with Gasteiger partial charge in [0.1, 0.15) is 4.90 Å². The molecule has 0 aliphatic carbocycles.